The molecule has 0 saturated carbocycles. The summed E-state index contributed by atoms with van der Waals surface area (Å²) in [6, 6.07) is 6.90. The summed E-state index contributed by atoms with van der Waals surface area (Å²) in [4.78, 5) is 15.2. The molecule has 0 fully saturated rings. The standard InChI is InChI=1S/C13H15N3O2S/c1-8(2)11-14-13(16-15-11)19-7-9-4-3-5-10(6-9)12(17)18/h3-6,8H,7H2,1-2H3,(H,17,18)(H,14,15,16). The van der Waals surface area contributed by atoms with Gasteiger partial charge in [-0.05, 0) is 17.7 Å². The molecule has 19 heavy (non-hydrogen) atoms. The van der Waals surface area contributed by atoms with Gasteiger partial charge in [0, 0.05) is 11.7 Å². The molecule has 0 bridgehead atoms. The van der Waals surface area contributed by atoms with Crippen molar-refractivity contribution in [2.24, 2.45) is 0 Å². The monoisotopic (exact) mass is 277 g/mol. The predicted octanol–water partition coefficient (Wildman–Crippen LogP) is 2.92. The van der Waals surface area contributed by atoms with Crippen LogP contribution in [0, 0.1) is 0 Å². The maximum Gasteiger partial charge on any atom is 0.335 e. The molecule has 1 aromatic carbocycles. The molecule has 0 saturated heterocycles. The molecule has 2 aromatic rings. The quantitative estimate of drug-likeness (QED) is 0.821. The number of H-pyrrole nitrogens is 1. The van der Waals surface area contributed by atoms with Crippen LogP contribution in [0.1, 0.15) is 41.5 Å². The number of carbonyl (C=O) groups is 1. The summed E-state index contributed by atoms with van der Waals surface area (Å²) in [6.07, 6.45) is 0. The Morgan fingerprint density at radius 2 is 2.26 bits per heavy atom. The molecule has 0 aliphatic carbocycles. The molecule has 0 amide bonds. The van der Waals surface area contributed by atoms with Gasteiger partial charge in [-0.2, -0.15) is 0 Å². The second-order valence-electron chi connectivity index (χ2n) is 4.45. The fourth-order valence-corrected chi connectivity index (χ4v) is 2.27. The Bertz CT molecular complexity index is 581. The highest BCUT2D eigenvalue weighted by molar-refractivity contribution is 7.98. The molecule has 6 heteroatoms. The van der Waals surface area contributed by atoms with Gasteiger partial charge < -0.3 is 5.11 Å². The Hall–Kier alpha value is -1.82. The molecule has 2 rings (SSSR count). The number of hydrogen-bond donors (Lipinski definition) is 2. The zero-order valence-corrected chi connectivity index (χ0v) is 11.6. The Morgan fingerprint density at radius 1 is 1.47 bits per heavy atom. The summed E-state index contributed by atoms with van der Waals surface area (Å²) >= 11 is 1.49. The number of thioether (sulfide) groups is 1. The van der Waals surface area contributed by atoms with E-state index in [4.69, 9.17) is 5.11 Å². The molecule has 1 aromatic heterocycles. The van der Waals surface area contributed by atoms with Crippen LogP contribution in [-0.4, -0.2) is 26.3 Å². The van der Waals surface area contributed by atoms with Crippen LogP contribution in [0.15, 0.2) is 29.4 Å². The van der Waals surface area contributed by atoms with Gasteiger partial charge in [-0.25, -0.2) is 9.78 Å². The van der Waals surface area contributed by atoms with E-state index in [0.29, 0.717) is 22.4 Å². The molecule has 100 valence electrons. The predicted molar refractivity (Wildman–Crippen MR) is 73.4 cm³/mol. The Morgan fingerprint density at radius 3 is 2.89 bits per heavy atom. The number of hydrogen-bond acceptors (Lipinski definition) is 4. The summed E-state index contributed by atoms with van der Waals surface area (Å²) in [5.41, 5.74) is 1.25. The fraction of sp³-hybridized carbons (Fsp3) is 0.308. The minimum absolute atomic E-state index is 0.302. The largest absolute Gasteiger partial charge is 0.478 e. The second-order valence-corrected chi connectivity index (χ2v) is 5.39. The molecule has 0 aliphatic heterocycles. The van der Waals surface area contributed by atoms with E-state index in [9.17, 15) is 4.79 Å². The Kier molecular flexibility index (Phi) is 4.21. The van der Waals surface area contributed by atoms with Crippen LogP contribution >= 0.6 is 11.8 Å². The maximum atomic E-state index is 10.9. The number of nitrogens with one attached hydrogen (secondary N) is 1. The average Bonchev–Trinajstić information content (AvgIpc) is 2.85. The molecule has 1 heterocycles. The van der Waals surface area contributed by atoms with Gasteiger partial charge in [0.25, 0.3) is 0 Å². The van der Waals surface area contributed by atoms with E-state index in [0.717, 1.165) is 11.4 Å². The molecule has 0 atom stereocenters. The number of benzene rings is 1. The summed E-state index contributed by atoms with van der Waals surface area (Å²) in [5.74, 6) is 0.919. The first-order chi connectivity index (χ1) is 9.06. The molecule has 2 N–H and O–H groups in total. The first-order valence-electron chi connectivity index (χ1n) is 5.93. The summed E-state index contributed by atoms with van der Waals surface area (Å²) in [5, 5.41) is 16.6. The molecule has 0 radical (unpaired) electrons. The fourth-order valence-electron chi connectivity index (χ4n) is 1.52. The van der Waals surface area contributed by atoms with Gasteiger partial charge in [0.2, 0.25) is 5.16 Å². The van der Waals surface area contributed by atoms with Gasteiger partial charge in [-0.3, -0.25) is 5.10 Å². The Labute approximate surface area is 115 Å². The lowest BCUT2D eigenvalue weighted by atomic mass is 10.1. The van der Waals surface area contributed by atoms with Crippen molar-refractivity contribution >= 4 is 17.7 Å². The Balaban J connectivity index is 2.01. The van der Waals surface area contributed by atoms with E-state index in [2.05, 4.69) is 15.2 Å². The molecule has 0 aliphatic rings. The van der Waals surface area contributed by atoms with Crippen molar-refractivity contribution in [3.8, 4) is 0 Å². The third-order valence-electron chi connectivity index (χ3n) is 2.57. The molecule has 0 unspecified atom stereocenters. The van der Waals surface area contributed by atoms with Crippen LogP contribution < -0.4 is 0 Å². The van der Waals surface area contributed by atoms with Crippen molar-refractivity contribution in [1.82, 2.24) is 15.2 Å². The third kappa shape index (κ3) is 3.57. The summed E-state index contributed by atoms with van der Waals surface area (Å²) in [6.45, 7) is 4.09. The van der Waals surface area contributed by atoms with Crippen molar-refractivity contribution in [2.75, 3.05) is 0 Å². The number of aromatic amines is 1. The molecular formula is C13H15N3O2S. The van der Waals surface area contributed by atoms with E-state index in [1.165, 1.54) is 11.8 Å². The van der Waals surface area contributed by atoms with Gasteiger partial charge in [0.15, 0.2) is 0 Å². The van der Waals surface area contributed by atoms with E-state index in [-0.39, 0.29) is 0 Å². The van der Waals surface area contributed by atoms with E-state index < -0.39 is 5.97 Å². The summed E-state index contributed by atoms with van der Waals surface area (Å²) < 4.78 is 0. The van der Waals surface area contributed by atoms with Crippen molar-refractivity contribution in [2.45, 2.75) is 30.7 Å². The van der Waals surface area contributed by atoms with Crippen molar-refractivity contribution < 1.29 is 9.90 Å². The first-order valence-corrected chi connectivity index (χ1v) is 6.92. The highest BCUT2D eigenvalue weighted by atomic mass is 32.2. The number of aromatic carboxylic acids is 1. The molecular weight excluding hydrogens is 262 g/mol. The highest BCUT2D eigenvalue weighted by Gasteiger charge is 2.08. The van der Waals surface area contributed by atoms with Crippen molar-refractivity contribution in [3.63, 3.8) is 0 Å². The van der Waals surface area contributed by atoms with Crippen LogP contribution in [0.3, 0.4) is 0 Å². The first kappa shape index (κ1) is 13.6. The van der Waals surface area contributed by atoms with Crippen LogP contribution in [0.5, 0.6) is 0 Å². The van der Waals surface area contributed by atoms with Crippen LogP contribution in [0.2, 0.25) is 0 Å². The average molecular weight is 277 g/mol. The van der Waals surface area contributed by atoms with Gasteiger partial charge in [0.05, 0.1) is 5.56 Å². The lowest BCUT2D eigenvalue weighted by molar-refractivity contribution is 0.0697. The van der Waals surface area contributed by atoms with E-state index in [1.54, 1.807) is 18.2 Å². The van der Waals surface area contributed by atoms with Gasteiger partial charge in [-0.1, -0.05) is 37.7 Å². The minimum atomic E-state index is -0.910. The topological polar surface area (TPSA) is 78.9 Å². The number of carboxylic acid groups (broad SMARTS) is 1. The highest BCUT2D eigenvalue weighted by Crippen LogP contribution is 2.21. The third-order valence-corrected chi connectivity index (χ3v) is 3.49. The van der Waals surface area contributed by atoms with Gasteiger partial charge in [0.1, 0.15) is 5.82 Å². The smallest absolute Gasteiger partial charge is 0.335 e. The van der Waals surface area contributed by atoms with Crippen molar-refractivity contribution in [3.05, 3.63) is 41.2 Å². The van der Waals surface area contributed by atoms with Crippen LogP contribution in [0.25, 0.3) is 0 Å². The lowest BCUT2D eigenvalue weighted by Gasteiger charge is -2.00. The maximum absolute atomic E-state index is 10.9. The van der Waals surface area contributed by atoms with E-state index >= 15 is 0 Å². The van der Waals surface area contributed by atoms with Crippen LogP contribution in [0.4, 0.5) is 0 Å². The van der Waals surface area contributed by atoms with Crippen LogP contribution in [-0.2, 0) is 5.75 Å². The van der Waals surface area contributed by atoms with Gasteiger partial charge in [-0.15, -0.1) is 5.10 Å². The number of carboxylic acids is 1. The minimum Gasteiger partial charge on any atom is -0.478 e. The number of rotatable bonds is 5. The second kappa shape index (κ2) is 5.88. The van der Waals surface area contributed by atoms with Crippen molar-refractivity contribution in [1.29, 1.82) is 0 Å². The van der Waals surface area contributed by atoms with E-state index in [1.807, 2.05) is 19.9 Å². The lowest BCUT2D eigenvalue weighted by Crippen LogP contribution is -1.96. The normalized spacial score (nSPS) is 10.9. The summed E-state index contributed by atoms with van der Waals surface area (Å²) in [7, 11) is 0. The molecule has 5 nitrogen and oxygen atoms in total. The van der Waals surface area contributed by atoms with Gasteiger partial charge >= 0.3 is 5.97 Å². The zero-order chi connectivity index (χ0) is 13.8. The number of nitrogens with zero attached hydrogens (tertiary/aromatic N) is 2. The zero-order valence-electron chi connectivity index (χ0n) is 10.8. The molecule has 0 spiro atoms. The SMILES string of the molecule is CC(C)c1nc(SCc2cccc(C(=O)O)c2)n[nH]1. The number of aromatic nitrogens is 3.